The van der Waals surface area contributed by atoms with Gasteiger partial charge in [-0.3, -0.25) is 4.79 Å². The fourth-order valence-electron chi connectivity index (χ4n) is 1.17. The first kappa shape index (κ1) is 12.1. The molecule has 0 radical (unpaired) electrons. The van der Waals surface area contributed by atoms with Gasteiger partial charge in [0.15, 0.2) is 0 Å². The van der Waals surface area contributed by atoms with Crippen molar-refractivity contribution >= 4 is 5.91 Å². The molecule has 1 atom stereocenters. The van der Waals surface area contributed by atoms with Crippen molar-refractivity contribution in [1.82, 2.24) is 5.32 Å². The summed E-state index contributed by atoms with van der Waals surface area (Å²) in [5.41, 5.74) is -0.530. The monoisotopic (exact) mass is 218 g/mol. The number of carbonyl (C=O) groups is 1. The number of nitriles is 1. The lowest BCUT2D eigenvalue weighted by atomic mass is 10.0. The number of benzene rings is 1. The van der Waals surface area contributed by atoms with Crippen molar-refractivity contribution in [2.75, 3.05) is 0 Å². The van der Waals surface area contributed by atoms with Gasteiger partial charge < -0.3 is 10.4 Å². The van der Waals surface area contributed by atoms with Gasteiger partial charge in [0.2, 0.25) is 0 Å². The molecule has 1 rings (SSSR count). The second-order valence-corrected chi connectivity index (χ2v) is 3.80. The van der Waals surface area contributed by atoms with Gasteiger partial charge in [0.25, 0.3) is 5.91 Å². The second kappa shape index (κ2) is 4.67. The molecule has 0 saturated heterocycles. The molecule has 2 N–H and O–H groups in total. The van der Waals surface area contributed by atoms with E-state index in [2.05, 4.69) is 5.32 Å². The van der Waals surface area contributed by atoms with Gasteiger partial charge >= 0.3 is 0 Å². The van der Waals surface area contributed by atoms with Gasteiger partial charge in [0.1, 0.15) is 11.3 Å². The lowest BCUT2D eigenvalue weighted by molar-refractivity contribution is 0.0922. The summed E-state index contributed by atoms with van der Waals surface area (Å²) < 4.78 is 0. The minimum atomic E-state index is -0.872. The van der Waals surface area contributed by atoms with Crippen LogP contribution in [0.4, 0.5) is 0 Å². The van der Waals surface area contributed by atoms with E-state index in [9.17, 15) is 9.90 Å². The molecule has 1 amide bonds. The first-order valence-electron chi connectivity index (χ1n) is 5.03. The number of carbonyl (C=O) groups excluding carboxylic acids is 1. The van der Waals surface area contributed by atoms with Crippen LogP contribution in [0.25, 0.3) is 0 Å². The average molecular weight is 218 g/mol. The van der Waals surface area contributed by atoms with E-state index in [1.807, 2.05) is 13.0 Å². The van der Waals surface area contributed by atoms with Crippen LogP contribution in [0.15, 0.2) is 24.3 Å². The third-order valence-electron chi connectivity index (χ3n) is 2.45. The first-order valence-corrected chi connectivity index (χ1v) is 5.03. The van der Waals surface area contributed by atoms with Crippen LogP contribution >= 0.6 is 0 Å². The molecule has 0 saturated carbocycles. The highest BCUT2D eigenvalue weighted by molar-refractivity contribution is 5.95. The summed E-state index contributed by atoms with van der Waals surface area (Å²) in [6.45, 7) is 3.49. The third-order valence-corrected chi connectivity index (χ3v) is 2.45. The Kier molecular flexibility index (Phi) is 3.51. The number of hydrogen-bond donors (Lipinski definition) is 2. The number of amides is 1. The topological polar surface area (TPSA) is 73.1 Å². The zero-order chi connectivity index (χ0) is 12.2. The van der Waals surface area contributed by atoms with E-state index in [-0.39, 0.29) is 11.7 Å². The smallest absolute Gasteiger partial charge is 0.252 e. The minimum Gasteiger partial charge on any atom is -0.508 e. The van der Waals surface area contributed by atoms with Crippen molar-refractivity contribution in [2.24, 2.45) is 0 Å². The van der Waals surface area contributed by atoms with Gasteiger partial charge in [-0.05, 0) is 31.5 Å². The number of hydrogen-bond acceptors (Lipinski definition) is 3. The Morgan fingerprint density at radius 2 is 2.31 bits per heavy atom. The van der Waals surface area contributed by atoms with Crippen molar-refractivity contribution < 1.29 is 9.90 Å². The summed E-state index contributed by atoms with van der Waals surface area (Å²) in [4.78, 5) is 11.8. The number of nitrogens with one attached hydrogen (secondary N) is 1. The number of phenolic OH excluding ortho intramolecular Hbond substituents is 1. The van der Waals surface area contributed by atoms with Crippen molar-refractivity contribution in [3.63, 3.8) is 0 Å². The molecule has 0 bridgehead atoms. The summed E-state index contributed by atoms with van der Waals surface area (Å²) >= 11 is 0. The Labute approximate surface area is 94.5 Å². The Bertz CT molecular complexity index is 437. The van der Waals surface area contributed by atoms with Crippen LogP contribution in [0.5, 0.6) is 5.75 Å². The van der Waals surface area contributed by atoms with Gasteiger partial charge in [-0.25, -0.2) is 0 Å². The zero-order valence-corrected chi connectivity index (χ0v) is 9.32. The quantitative estimate of drug-likeness (QED) is 0.812. The van der Waals surface area contributed by atoms with Crippen molar-refractivity contribution in [1.29, 1.82) is 5.26 Å². The fourth-order valence-corrected chi connectivity index (χ4v) is 1.17. The maximum Gasteiger partial charge on any atom is 0.252 e. The summed E-state index contributed by atoms with van der Waals surface area (Å²) in [5.74, 6) is -0.329. The Balaban J connectivity index is 2.85. The number of aromatic hydroxyl groups is 1. The molecule has 0 fully saturated rings. The Morgan fingerprint density at radius 1 is 1.62 bits per heavy atom. The van der Waals surface area contributed by atoms with E-state index < -0.39 is 5.54 Å². The van der Waals surface area contributed by atoms with E-state index in [0.29, 0.717) is 12.0 Å². The molecule has 0 spiro atoms. The van der Waals surface area contributed by atoms with E-state index >= 15 is 0 Å². The maximum atomic E-state index is 11.8. The van der Waals surface area contributed by atoms with Gasteiger partial charge in [-0.1, -0.05) is 13.0 Å². The third kappa shape index (κ3) is 2.74. The maximum absolute atomic E-state index is 11.8. The van der Waals surface area contributed by atoms with Crippen LogP contribution in [-0.4, -0.2) is 16.6 Å². The summed E-state index contributed by atoms with van der Waals surface area (Å²) in [7, 11) is 0. The molecular weight excluding hydrogens is 204 g/mol. The largest absolute Gasteiger partial charge is 0.508 e. The lowest BCUT2D eigenvalue weighted by Gasteiger charge is -2.21. The number of nitrogens with zero attached hydrogens (tertiary/aromatic N) is 1. The van der Waals surface area contributed by atoms with Gasteiger partial charge in [-0.15, -0.1) is 0 Å². The van der Waals surface area contributed by atoms with Crippen molar-refractivity contribution in [3.8, 4) is 11.8 Å². The summed E-state index contributed by atoms with van der Waals surface area (Å²) in [6, 6.07) is 8.07. The van der Waals surface area contributed by atoms with Crippen LogP contribution in [0.2, 0.25) is 0 Å². The van der Waals surface area contributed by atoms with Crippen molar-refractivity contribution in [3.05, 3.63) is 29.8 Å². The SMILES string of the molecule is CCC(C)(C#N)NC(=O)c1cccc(O)c1. The predicted molar refractivity (Wildman–Crippen MR) is 59.9 cm³/mol. The molecule has 0 aliphatic rings. The summed E-state index contributed by atoms with van der Waals surface area (Å²) in [5, 5.41) is 20.8. The van der Waals surface area contributed by atoms with Crippen LogP contribution in [-0.2, 0) is 0 Å². The average Bonchev–Trinajstić information content (AvgIpc) is 2.29. The highest BCUT2D eigenvalue weighted by atomic mass is 16.3. The molecular formula is C12H14N2O2. The van der Waals surface area contributed by atoms with Gasteiger partial charge in [0.05, 0.1) is 6.07 Å². The van der Waals surface area contributed by atoms with E-state index in [1.54, 1.807) is 19.1 Å². The van der Waals surface area contributed by atoms with Crippen molar-refractivity contribution in [2.45, 2.75) is 25.8 Å². The number of phenols is 1. The van der Waals surface area contributed by atoms with Crippen LogP contribution in [0.1, 0.15) is 30.6 Å². The molecule has 84 valence electrons. The predicted octanol–water partition coefficient (Wildman–Crippen LogP) is 1.81. The molecule has 4 nitrogen and oxygen atoms in total. The highest BCUT2D eigenvalue weighted by Crippen LogP contribution is 2.13. The normalized spacial score (nSPS) is 13.6. The molecule has 1 aromatic rings. The lowest BCUT2D eigenvalue weighted by Crippen LogP contribution is -2.44. The molecule has 0 aromatic heterocycles. The molecule has 0 aliphatic heterocycles. The van der Waals surface area contributed by atoms with Gasteiger partial charge in [0, 0.05) is 5.56 Å². The first-order chi connectivity index (χ1) is 7.50. The van der Waals surface area contributed by atoms with Gasteiger partial charge in [-0.2, -0.15) is 5.26 Å². The van der Waals surface area contributed by atoms with E-state index in [0.717, 1.165) is 0 Å². The highest BCUT2D eigenvalue weighted by Gasteiger charge is 2.24. The Morgan fingerprint density at radius 3 is 2.81 bits per heavy atom. The van der Waals surface area contributed by atoms with Crippen LogP contribution in [0.3, 0.4) is 0 Å². The molecule has 0 heterocycles. The molecule has 16 heavy (non-hydrogen) atoms. The standard InChI is InChI=1S/C12H14N2O2/c1-3-12(2,8-13)14-11(16)9-5-4-6-10(15)7-9/h4-7,15H,3H2,1-2H3,(H,14,16). The van der Waals surface area contributed by atoms with Crippen LogP contribution < -0.4 is 5.32 Å². The Hall–Kier alpha value is -2.02. The zero-order valence-electron chi connectivity index (χ0n) is 9.32. The van der Waals surface area contributed by atoms with Crippen LogP contribution in [0, 0.1) is 11.3 Å². The minimum absolute atomic E-state index is 0.0304. The number of rotatable bonds is 3. The van der Waals surface area contributed by atoms with E-state index in [1.165, 1.54) is 12.1 Å². The molecule has 1 aromatic carbocycles. The molecule has 0 aliphatic carbocycles. The molecule has 1 unspecified atom stereocenters. The second-order valence-electron chi connectivity index (χ2n) is 3.80. The fraction of sp³-hybridized carbons (Fsp3) is 0.333. The van der Waals surface area contributed by atoms with E-state index in [4.69, 9.17) is 5.26 Å². The molecule has 4 heteroatoms. The summed E-state index contributed by atoms with van der Waals surface area (Å²) in [6.07, 6.45) is 0.522.